The number of rotatable bonds is 5. The van der Waals surface area contributed by atoms with Crippen molar-refractivity contribution >= 4 is 17.2 Å². The molecule has 0 aliphatic carbocycles. The normalized spacial score (nSPS) is 10.6. The molecule has 0 saturated carbocycles. The van der Waals surface area contributed by atoms with E-state index < -0.39 is 0 Å². The van der Waals surface area contributed by atoms with Crippen molar-refractivity contribution in [3.63, 3.8) is 0 Å². The summed E-state index contributed by atoms with van der Waals surface area (Å²) in [5.74, 6) is -0.0229. The fourth-order valence-corrected chi connectivity index (χ4v) is 2.57. The number of aromatic amines is 1. The number of nitrogens with one attached hydrogen (secondary N) is 2. The van der Waals surface area contributed by atoms with E-state index in [1.807, 2.05) is 20.0 Å². The van der Waals surface area contributed by atoms with Gasteiger partial charge in [0.1, 0.15) is 4.88 Å². The Balaban J connectivity index is 1.77. The molecule has 0 aromatic carbocycles. The maximum atomic E-state index is 11.9. The topological polar surface area (TPSA) is 70.7 Å². The third-order valence-electron chi connectivity index (χ3n) is 2.59. The highest BCUT2D eigenvalue weighted by Gasteiger charge is 2.12. The number of aryl methyl sites for hydroxylation is 3. The predicted molar refractivity (Wildman–Crippen MR) is 70.8 cm³/mol. The lowest BCUT2D eigenvalue weighted by Gasteiger charge is -2.03. The first-order valence-corrected chi connectivity index (χ1v) is 6.68. The average Bonchev–Trinajstić information content (AvgIpc) is 2.94. The van der Waals surface area contributed by atoms with E-state index in [1.165, 1.54) is 11.3 Å². The summed E-state index contributed by atoms with van der Waals surface area (Å²) in [6, 6.07) is 0. The summed E-state index contributed by atoms with van der Waals surface area (Å²) < 4.78 is 0. The summed E-state index contributed by atoms with van der Waals surface area (Å²) in [5.41, 5.74) is 1.97. The Hall–Kier alpha value is -1.69. The highest BCUT2D eigenvalue weighted by atomic mass is 32.1. The third kappa shape index (κ3) is 3.16. The number of carbonyl (C=O) groups excluding carboxylic acids is 1. The largest absolute Gasteiger partial charge is 0.351 e. The highest BCUT2D eigenvalue weighted by molar-refractivity contribution is 7.13. The molecule has 2 heterocycles. The van der Waals surface area contributed by atoms with Crippen LogP contribution in [0.3, 0.4) is 0 Å². The minimum atomic E-state index is -0.0229. The Bertz CT molecular complexity index is 518. The van der Waals surface area contributed by atoms with Gasteiger partial charge in [-0.25, -0.2) is 4.98 Å². The smallest absolute Gasteiger partial charge is 0.263 e. The fourth-order valence-electron chi connectivity index (χ4n) is 1.73. The van der Waals surface area contributed by atoms with Gasteiger partial charge in [-0.3, -0.25) is 9.89 Å². The SMILES string of the molecule is Cc1nc(C)c(C(=O)NCCCc2cn[nH]c2)s1. The Kier molecular flexibility index (Phi) is 4.09. The molecule has 0 bridgehead atoms. The number of hydrogen-bond acceptors (Lipinski definition) is 4. The minimum absolute atomic E-state index is 0.0229. The summed E-state index contributed by atoms with van der Waals surface area (Å²) in [4.78, 5) is 16.8. The van der Waals surface area contributed by atoms with Crippen LogP contribution in [-0.4, -0.2) is 27.6 Å². The van der Waals surface area contributed by atoms with Crippen LogP contribution in [0.4, 0.5) is 0 Å². The lowest BCUT2D eigenvalue weighted by molar-refractivity contribution is 0.0956. The first-order valence-electron chi connectivity index (χ1n) is 5.86. The Labute approximate surface area is 110 Å². The van der Waals surface area contributed by atoms with Gasteiger partial charge in [0.15, 0.2) is 0 Å². The van der Waals surface area contributed by atoms with Gasteiger partial charge < -0.3 is 5.32 Å². The minimum Gasteiger partial charge on any atom is -0.351 e. The maximum absolute atomic E-state index is 11.9. The molecule has 5 nitrogen and oxygen atoms in total. The molecule has 2 rings (SSSR count). The molecule has 0 saturated heterocycles. The molecule has 0 unspecified atom stereocenters. The molecule has 2 aromatic rings. The van der Waals surface area contributed by atoms with E-state index in [1.54, 1.807) is 6.20 Å². The summed E-state index contributed by atoms with van der Waals surface area (Å²) in [7, 11) is 0. The van der Waals surface area contributed by atoms with Gasteiger partial charge in [0.05, 0.1) is 16.9 Å². The van der Waals surface area contributed by atoms with Crippen LogP contribution in [0.25, 0.3) is 0 Å². The molecule has 0 aliphatic rings. The molecule has 96 valence electrons. The summed E-state index contributed by atoms with van der Waals surface area (Å²) >= 11 is 1.44. The van der Waals surface area contributed by atoms with Gasteiger partial charge in [0, 0.05) is 12.7 Å². The zero-order valence-corrected chi connectivity index (χ0v) is 11.3. The van der Waals surface area contributed by atoms with Crippen molar-refractivity contribution in [2.75, 3.05) is 6.54 Å². The number of amides is 1. The molecule has 2 aromatic heterocycles. The molecule has 0 spiro atoms. The molecular weight excluding hydrogens is 248 g/mol. The van der Waals surface area contributed by atoms with Crippen molar-refractivity contribution in [3.8, 4) is 0 Å². The van der Waals surface area contributed by atoms with Gasteiger partial charge in [0.25, 0.3) is 5.91 Å². The average molecular weight is 264 g/mol. The lowest BCUT2D eigenvalue weighted by atomic mass is 10.2. The zero-order valence-electron chi connectivity index (χ0n) is 10.5. The van der Waals surface area contributed by atoms with Crippen molar-refractivity contribution in [2.45, 2.75) is 26.7 Å². The summed E-state index contributed by atoms with van der Waals surface area (Å²) in [5, 5.41) is 10.5. The van der Waals surface area contributed by atoms with E-state index in [2.05, 4.69) is 20.5 Å². The number of hydrogen-bond donors (Lipinski definition) is 2. The molecule has 0 aliphatic heterocycles. The summed E-state index contributed by atoms with van der Waals surface area (Å²) in [6.07, 6.45) is 5.50. The van der Waals surface area contributed by atoms with Gasteiger partial charge in [-0.05, 0) is 32.3 Å². The molecule has 0 fully saturated rings. The summed E-state index contributed by atoms with van der Waals surface area (Å²) in [6.45, 7) is 4.44. The monoisotopic (exact) mass is 264 g/mol. The predicted octanol–water partition coefficient (Wildman–Crippen LogP) is 1.85. The van der Waals surface area contributed by atoms with Crippen LogP contribution in [0, 0.1) is 13.8 Å². The van der Waals surface area contributed by atoms with Crippen LogP contribution in [0.2, 0.25) is 0 Å². The second kappa shape index (κ2) is 5.77. The van der Waals surface area contributed by atoms with Gasteiger partial charge >= 0.3 is 0 Å². The first-order chi connectivity index (χ1) is 8.66. The number of H-pyrrole nitrogens is 1. The zero-order chi connectivity index (χ0) is 13.0. The Morgan fingerprint density at radius 1 is 1.50 bits per heavy atom. The maximum Gasteiger partial charge on any atom is 0.263 e. The number of aromatic nitrogens is 3. The van der Waals surface area contributed by atoms with E-state index >= 15 is 0 Å². The van der Waals surface area contributed by atoms with E-state index in [0.717, 1.165) is 34.0 Å². The van der Waals surface area contributed by atoms with E-state index in [0.29, 0.717) is 6.54 Å². The molecule has 0 atom stereocenters. The van der Waals surface area contributed by atoms with Crippen LogP contribution in [0.15, 0.2) is 12.4 Å². The van der Waals surface area contributed by atoms with E-state index in [9.17, 15) is 4.79 Å². The molecule has 0 radical (unpaired) electrons. The molecule has 2 N–H and O–H groups in total. The molecule has 18 heavy (non-hydrogen) atoms. The lowest BCUT2D eigenvalue weighted by Crippen LogP contribution is -2.24. The van der Waals surface area contributed by atoms with Gasteiger partial charge in [-0.15, -0.1) is 11.3 Å². The standard InChI is InChI=1S/C12H16N4OS/c1-8-11(18-9(2)16-8)12(17)13-5-3-4-10-6-14-15-7-10/h6-7H,3-5H2,1-2H3,(H,13,17)(H,14,15). The van der Waals surface area contributed by atoms with Crippen LogP contribution >= 0.6 is 11.3 Å². The van der Waals surface area contributed by atoms with Crippen LogP contribution < -0.4 is 5.32 Å². The third-order valence-corrected chi connectivity index (χ3v) is 3.66. The second-order valence-corrected chi connectivity index (χ2v) is 5.32. The van der Waals surface area contributed by atoms with Crippen molar-refractivity contribution in [1.82, 2.24) is 20.5 Å². The van der Waals surface area contributed by atoms with Gasteiger partial charge in [-0.2, -0.15) is 5.10 Å². The van der Waals surface area contributed by atoms with Crippen molar-refractivity contribution < 1.29 is 4.79 Å². The van der Waals surface area contributed by atoms with Crippen molar-refractivity contribution in [3.05, 3.63) is 33.5 Å². The quantitative estimate of drug-likeness (QED) is 0.810. The van der Waals surface area contributed by atoms with E-state index in [-0.39, 0.29) is 5.91 Å². The number of nitrogens with zero attached hydrogens (tertiary/aromatic N) is 2. The fraction of sp³-hybridized carbons (Fsp3) is 0.417. The van der Waals surface area contributed by atoms with Crippen LogP contribution in [0.5, 0.6) is 0 Å². The molecule has 6 heteroatoms. The second-order valence-electron chi connectivity index (χ2n) is 4.11. The van der Waals surface area contributed by atoms with E-state index in [4.69, 9.17) is 0 Å². The van der Waals surface area contributed by atoms with Gasteiger partial charge in [-0.1, -0.05) is 0 Å². The Morgan fingerprint density at radius 3 is 2.94 bits per heavy atom. The number of carbonyl (C=O) groups is 1. The Morgan fingerprint density at radius 2 is 2.33 bits per heavy atom. The molecular formula is C12H16N4OS. The van der Waals surface area contributed by atoms with Crippen LogP contribution in [-0.2, 0) is 6.42 Å². The van der Waals surface area contributed by atoms with Crippen molar-refractivity contribution in [1.29, 1.82) is 0 Å². The van der Waals surface area contributed by atoms with Gasteiger partial charge in [0.2, 0.25) is 0 Å². The highest BCUT2D eigenvalue weighted by Crippen LogP contribution is 2.16. The van der Waals surface area contributed by atoms with Crippen LogP contribution in [0.1, 0.15) is 32.4 Å². The molecule has 1 amide bonds. The van der Waals surface area contributed by atoms with Crippen molar-refractivity contribution in [2.24, 2.45) is 0 Å². The first kappa shape index (κ1) is 12.8. The number of thiazole rings is 1.